The van der Waals surface area contributed by atoms with Gasteiger partial charge in [-0.2, -0.15) is 0 Å². The van der Waals surface area contributed by atoms with E-state index in [-0.39, 0.29) is 23.4 Å². The van der Waals surface area contributed by atoms with Crippen molar-refractivity contribution in [3.05, 3.63) is 93.0 Å². The zero-order valence-electron chi connectivity index (χ0n) is 25.8. The molecule has 1 unspecified atom stereocenters. The Morgan fingerprint density at radius 3 is 2.11 bits per heavy atom. The van der Waals surface area contributed by atoms with Crippen molar-refractivity contribution in [2.75, 3.05) is 10.8 Å². The lowest BCUT2D eigenvalue weighted by molar-refractivity contribution is -0.140. The Morgan fingerprint density at radius 1 is 0.909 bits per heavy atom. The molecule has 3 aromatic carbocycles. The molecule has 236 valence electrons. The molecule has 44 heavy (non-hydrogen) atoms. The highest BCUT2D eigenvalue weighted by Gasteiger charge is 2.35. The smallest absolute Gasteiger partial charge is 0.264 e. The maximum absolute atomic E-state index is 14.4. The second-order valence-electron chi connectivity index (χ2n) is 11.6. The number of carbonyl (C=O) groups is 2. The lowest BCUT2D eigenvalue weighted by Gasteiger charge is -2.35. The first kappa shape index (κ1) is 33.8. The van der Waals surface area contributed by atoms with E-state index in [1.165, 1.54) is 4.90 Å². The molecule has 4 rings (SSSR count). The van der Waals surface area contributed by atoms with Gasteiger partial charge >= 0.3 is 0 Å². The van der Waals surface area contributed by atoms with Crippen LogP contribution < -0.4 is 9.62 Å². The van der Waals surface area contributed by atoms with Crippen LogP contribution in [0.15, 0.2) is 65.6 Å². The minimum absolute atomic E-state index is 0.0415. The van der Waals surface area contributed by atoms with Crippen LogP contribution in [0, 0.1) is 20.8 Å². The van der Waals surface area contributed by atoms with E-state index >= 15 is 0 Å². The van der Waals surface area contributed by atoms with Crippen molar-refractivity contribution in [3.63, 3.8) is 0 Å². The van der Waals surface area contributed by atoms with Gasteiger partial charge in [-0.05, 0) is 75.9 Å². The molecule has 1 atom stereocenters. The third-order valence-corrected chi connectivity index (χ3v) is 10.7. The first-order valence-electron chi connectivity index (χ1n) is 15.1. The van der Waals surface area contributed by atoms with Crippen molar-refractivity contribution in [1.29, 1.82) is 0 Å². The van der Waals surface area contributed by atoms with E-state index in [9.17, 15) is 18.0 Å². The SMILES string of the molecule is CCC(C(=O)NC1CCCCC1)N(Cc1c(Cl)cccc1Cl)C(=O)CN(c1ccc(C)cc1C)S(=O)(=O)c1ccc(C)cc1. The number of amides is 2. The van der Waals surface area contributed by atoms with Crippen molar-refractivity contribution in [2.24, 2.45) is 0 Å². The number of benzene rings is 3. The Morgan fingerprint density at radius 2 is 1.52 bits per heavy atom. The molecule has 0 bridgehead atoms. The molecule has 0 aromatic heterocycles. The summed E-state index contributed by atoms with van der Waals surface area (Å²) >= 11 is 13.1. The topological polar surface area (TPSA) is 86.8 Å². The predicted octanol–water partition coefficient (Wildman–Crippen LogP) is 7.37. The van der Waals surface area contributed by atoms with E-state index in [4.69, 9.17) is 23.2 Å². The zero-order valence-corrected chi connectivity index (χ0v) is 28.1. The Labute approximate surface area is 271 Å². The maximum Gasteiger partial charge on any atom is 0.264 e. The number of anilines is 1. The monoisotopic (exact) mass is 657 g/mol. The second kappa shape index (κ2) is 14.8. The summed E-state index contributed by atoms with van der Waals surface area (Å²) in [4.78, 5) is 29.6. The van der Waals surface area contributed by atoms with Crippen molar-refractivity contribution < 1.29 is 18.0 Å². The fourth-order valence-corrected chi connectivity index (χ4v) is 7.75. The number of hydrogen-bond donors (Lipinski definition) is 1. The fraction of sp³-hybridized carbons (Fsp3) is 0.412. The molecule has 1 saturated carbocycles. The predicted molar refractivity (Wildman–Crippen MR) is 178 cm³/mol. The minimum atomic E-state index is -4.17. The van der Waals surface area contributed by atoms with Crippen LogP contribution in [0.5, 0.6) is 0 Å². The summed E-state index contributed by atoms with van der Waals surface area (Å²) in [6, 6.07) is 16.2. The van der Waals surface area contributed by atoms with Crippen molar-refractivity contribution in [1.82, 2.24) is 10.2 Å². The molecule has 0 heterocycles. The highest BCUT2D eigenvalue weighted by Crippen LogP contribution is 2.30. The number of hydrogen-bond acceptors (Lipinski definition) is 4. The van der Waals surface area contributed by atoms with Crippen LogP contribution >= 0.6 is 23.2 Å². The fourth-order valence-electron chi connectivity index (χ4n) is 5.75. The van der Waals surface area contributed by atoms with E-state index < -0.39 is 28.5 Å². The lowest BCUT2D eigenvalue weighted by Crippen LogP contribution is -2.54. The first-order chi connectivity index (χ1) is 20.9. The summed E-state index contributed by atoms with van der Waals surface area (Å²) in [5.74, 6) is -0.808. The largest absolute Gasteiger partial charge is 0.352 e. The van der Waals surface area contributed by atoms with Gasteiger partial charge in [0.05, 0.1) is 10.6 Å². The van der Waals surface area contributed by atoms with Crippen molar-refractivity contribution in [2.45, 2.75) is 89.7 Å². The van der Waals surface area contributed by atoms with Gasteiger partial charge in [0.15, 0.2) is 0 Å². The van der Waals surface area contributed by atoms with Crippen LogP contribution in [-0.4, -0.2) is 43.8 Å². The van der Waals surface area contributed by atoms with E-state index in [1.807, 2.05) is 39.8 Å². The van der Waals surface area contributed by atoms with Gasteiger partial charge in [0.2, 0.25) is 11.8 Å². The Bertz CT molecular complexity index is 1570. The van der Waals surface area contributed by atoms with Gasteiger partial charge in [-0.1, -0.05) is 90.8 Å². The highest BCUT2D eigenvalue weighted by molar-refractivity contribution is 7.92. The molecule has 0 radical (unpaired) electrons. The number of aryl methyl sites for hydroxylation is 3. The van der Waals surface area contributed by atoms with Gasteiger partial charge in [-0.25, -0.2) is 8.42 Å². The van der Waals surface area contributed by atoms with Gasteiger partial charge in [-0.3, -0.25) is 13.9 Å². The molecule has 1 N–H and O–H groups in total. The summed E-state index contributed by atoms with van der Waals surface area (Å²) in [7, 11) is -4.17. The van der Waals surface area contributed by atoms with Crippen LogP contribution in [0.2, 0.25) is 10.0 Å². The number of sulfonamides is 1. The summed E-state index contributed by atoms with van der Waals surface area (Å²) in [5.41, 5.74) is 3.46. The van der Waals surface area contributed by atoms with Gasteiger partial charge < -0.3 is 10.2 Å². The Balaban J connectivity index is 1.76. The molecule has 1 aliphatic carbocycles. The third-order valence-electron chi connectivity index (χ3n) is 8.24. The molecule has 0 aliphatic heterocycles. The Kier molecular flexibility index (Phi) is 11.4. The van der Waals surface area contributed by atoms with Crippen LogP contribution in [-0.2, 0) is 26.2 Å². The van der Waals surface area contributed by atoms with Crippen LogP contribution in [0.4, 0.5) is 5.69 Å². The third kappa shape index (κ3) is 7.95. The van der Waals surface area contributed by atoms with Crippen molar-refractivity contribution in [3.8, 4) is 0 Å². The average molecular weight is 659 g/mol. The second-order valence-corrected chi connectivity index (χ2v) is 14.3. The number of nitrogens with one attached hydrogen (secondary N) is 1. The van der Waals surface area contributed by atoms with E-state index in [2.05, 4.69) is 5.32 Å². The van der Waals surface area contributed by atoms with E-state index in [0.717, 1.165) is 47.5 Å². The van der Waals surface area contributed by atoms with Gasteiger partial charge in [-0.15, -0.1) is 0 Å². The molecule has 1 aliphatic rings. The molecule has 0 saturated heterocycles. The number of carbonyl (C=O) groups excluding carboxylic acids is 2. The normalized spacial score (nSPS) is 14.6. The molecule has 0 spiro atoms. The molecule has 10 heteroatoms. The van der Waals surface area contributed by atoms with Crippen LogP contribution in [0.1, 0.15) is 67.7 Å². The Hall–Kier alpha value is -3.07. The van der Waals surface area contributed by atoms with E-state index in [1.54, 1.807) is 48.5 Å². The molecule has 3 aromatic rings. The molecule has 1 fully saturated rings. The van der Waals surface area contributed by atoms with Gasteiger partial charge in [0.25, 0.3) is 10.0 Å². The quantitative estimate of drug-likeness (QED) is 0.233. The molecule has 7 nitrogen and oxygen atoms in total. The number of halogens is 2. The maximum atomic E-state index is 14.4. The highest BCUT2D eigenvalue weighted by atomic mass is 35.5. The lowest BCUT2D eigenvalue weighted by atomic mass is 9.95. The van der Waals surface area contributed by atoms with E-state index in [0.29, 0.717) is 33.3 Å². The number of rotatable bonds is 11. The zero-order chi connectivity index (χ0) is 32.0. The minimum Gasteiger partial charge on any atom is -0.352 e. The summed E-state index contributed by atoms with van der Waals surface area (Å²) in [5, 5.41) is 3.87. The van der Waals surface area contributed by atoms with Gasteiger partial charge in [0.1, 0.15) is 12.6 Å². The van der Waals surface area contributed by atoms with Crippen LogP contribution in [0.25, 0.3) is 0 Å². The summed E-state index contributed by atoms with van der Waals surface area (Å²) < 4.78 is 29.5. The molecular weight excluding hydrogens is 617 g/mol. The first-order valence-corrected chi connectivity index (χ1v) is 17.3. The summed E-state index contributed by atoms with van der Waals surface area (Å²) in [6.07, 6.45) is 5.33. The standard InChI is InChI=1S/C34H41Cl2N3O4S/c1-5-31(34(41)37-26-10-7-6-8-11-26)38(21-28-29(35)12-9-13-30(28)36)33(40)22-39(32-19-16-24(3)20-25(32)4)44(42,43)27-17-14-23(2)15-18-27/h9,12-20,26,31H,5-8,10-11,21-22H2,1-4H3,(H,37,41). The molecular formula is C34H41Cl2N3O4S. The van der Waals surface area contributed by atoms with Crippen LogP contribution in [0.3, 0.4) is 0 Å². The molecule has 2 amide bonds. The number of nitrogens with zero attached hydrogens (tertiary/aromatic N) is 2. The average Bonchev–Trinajstić information content (AvgIpc) is 2.98. The van der Waals surface area contributed by atoms with Crippen molar-refractivity contribution >= 4 is 50.7 Å². The summed E-state index contributed by atoms with van der Waals surface area (Å²) in [6.45, 7) is 6.88. The van der Waals surface area contributed by atoms with Gasteiger partial charge in [0, 0.05) is 28.2 Å².